The van der Waals surface area contributed by atoms with E-state index in [-0.39, 0.29) is 23.7 Å². The highest BCUT2D eigenvalue weighted by Gasteiger charge is 2.27. The number of amides is 1. The van der Waals surface area contributed by atoms with E-state index in [2.05, 4.69) is 43.5 Å². The van der Waals surface area contributed by atoms with Crippen LogP contribution in [0.1, 0.15) is 65.4 Å². The van der Waals surface area contributed by atoms with Crippen molar-refractivity contribution in [2.45, 2.75) is 51.1 Å². The zero-order valence-electron chi connectivity index (χ0n) is 17.6. The number of aryl methyl sites for hydroxylation is 2. The molecule has 1 aromatic heterocycles. The molecule has 1 N–H and O–H groups in total. The molecule has 0 spiro atoms. The highest BCUT2D eigenvalue weighted by molar-refractivity contribution is 5.86. The van der Waals surface area contributed by atoms with E-state index >= 15 is 0 Å². The van der Waals surface area contributed by atoms with Gasteiger partial charge in [0, 0.05) is 13.1 Å². The van der Waals surface area contributed by atoms with Gasteiger partial charge in [-0.1, -0.05) is 23.4 Å². The van der Waals surface area contributed by atoms with Crippen LogP contribution in [-0.4, -0.2) is 58.5 Å². The van der Waals surface area contributed by atoms with Crippen LogP contribution in [0.3, 0.4) is 0 Å². The maximum atomic E-state index is 12.6. The Morgan fingerprint density at radius 3 is 2.87 bits per heavy atom. The number of hydrogen-bond acceptors (Lipinski definition) is 6. The molecule has 1 amide bonds. The Morgan fingerprint density at radius 1 is 1.27 bits per heavy atom. The molecule has 1 fully saturated rings. The number of hydrogen-bond donors (Lipinski definition) is 1. The number of nitrogens with one attached hydrogen (secondary N) is 1. The van der Waals surface area contributed by atoms with Crippen LogP contribution in [0.2, 0.25) is 0 Å². The van der Waals surface area contributed by atoms with Gasteiger partial charge < -0.3 is 10.1 Å². The molecular weight excluding hydrogens is 382 g/mol. The molecule has 1 saturated heterocycles. The van der Waals surface area contributed by atoms with Gasteiger partial charge in [-0.05, 0) is 55.7 Å². The molecule has 1 aliphatic heterocycles. The molecule has 0 radical (unpaired) electrons. The number of carbonyl (C=O) groups is 2. The van der Waals surface area contributed by atoms with Crippen molar-refractivity contribution in [3.63, 3.8) is 0 Å². The van der Waals surface area contributed by atoms with Gasteiger partial charge in [-0.2, -0.15) is 0 Å². The summed E-state index contributed by atoms with van der Waals surface area (Å²) in [5, 5.41) is 11.0. The minimum Gasteiger partial charge on any atom is -0.464 e. The minimum absolute atomic E-state index is 0.0129. The van der Waals surface area contributed by atoms with Gasteiger partial charge in [0.15, 0.2) is 5.69 Å². The second-order valence-corrected chi connectivity index (χ2v) is 8.28. The molecule has 2 aromatic rings. The summed E-state index contributed by atoms with van der Waals surface area (Å²) in [5.74, 6) is -0.471. The molecule has 0 saturated carbocycles. The quantitative estimate of drug-likeness (QED) is 0.732. The van der Waals surface area contributed by atoms with Gasteiger partial charge in [-0.3, -0.25) is 9.69 Å². The van der Waals surface area contributed by atoms with Crippen LogP contribution in [0.4, 0.5) is 0 Å². The van der Waals surface area contributed by atoms with Crippen LogP contribution in [0, 0.1) is 0 Å². The molecule has 0 unspecified atom stereocenters. The van der Waals surface area contributed by atoms with Gasteiger partial charge in [-0.25, -0.2) is 9.48 Å². The van der Waals surface area contributed by atoms with Crippen LogP contribution in [0.15, 0.2) is 24.4 Å². The second kappa shape index (κ2) is 8.95. The fourth-order valence-corrected chi connectivity index (χ4v) is 4.42. The fourth-order valence-electron chi connectivity index (χ4n) is 4.42. The number of methoxy groups -OCH3 is 1. The summed E-state index contributed by atoms with van der Waals surface area (Å²) in [4.78, 5) is 26.3. The number of rotatable bonds is 6. The van der Waals surface area contributed by atoms with Crippen LogP contribution in [0.5, 0.6) is 0 Å². The van der Waals surface area contributed by atoms with Gasteiger partial charge in [0.1, 0.15) is 0 Å². The van der Waals surface area contributed by atoms with Crippen LogP contribution >= 0.6 is 0 Å². The Bertz CT molecular complexity index is 925. The summed E-state index contributed by atoms with van der Waals surface area (Å²) in [6.07, 6.45) is 7.29. The molecule has 1 aliphatic carbocycles. The van der Waals surface area contributed by atoms with Crippen molar-refractivity contribution in [3.8, 4) is 0 Å². The van der Waals surface area contributed by atoms with E-state index in [4.69, 9.17) is 0 Å². The van der Waals surface area contributed by atoms with Crippen LogP contribution < -0.4 is 5.32 Å². The predicted octanol–water partition coefficient (Wildman–Crippen LogP) is 2.07. The van der Waals surface area contributed by atoms with E-state index in [9.17, 15) is 9.59 Å². The first-order valence-corrected chi connectivity index (χ1v) is 10.7. The zero-order valence-corrected chi connectivity index (χ0v) is 17.6. The predicted molar refractivity (Wildman–Crippen MR) is 111 cm³/mol. The molecule has 0 bridgehead atoms. The average molecular weight is 412 g/mol. The van der Waals surface area contributed by atoms with Crippen molar-refractivity contribution in [1.29, 1.82) is 0 Å². The molecule has 30 heavy (non-hydrogen) atoms. The van der Waals surface area contributed by atoms with Gasteiger partial charge in [-0.15, -0.1) is 5.10 Å². The monoisotopic (exact) mass is 411 g/mol. The molecule has 2 atom stereocenters. The number of likely N-dealkylation sites (tertiary alicyclic amines) is 1. The number of aromatic nitrogens is 3. The maximum Gasteiger partial charge on any atom is 0.360 e. The lowest BCUT2D eigenvalue weighted by molar-refractivity contribution is -0.122. The Kier molecular flexibility index (Phi) is 6.13. The summed E-state index contributed by atoms with van der Waals surface area (Å²) in [5.41, 5.74) is 4.25. The summed E-state index contributed by atoms with van der Waals surface area (Å²) >= 11 is 0. The number of nitrogens with zero attached hydrogens (tertiary/aromatic N) is 4. The van der Waals surface area contributed by atoms with Crippen LogP contribution in [0.25, 0.3) is 0 Å². The van der Waals surface area contributed by atoms with E-state index in [1.807, 2.05) is 6.92 Å². The van der Waals surface area contributed by atoms with E-state index < -0.39 is 5.97 Å². The van der Waals surface area contributed by atoms with Crippen molar-refractivity contribution in [2.75, 3.05) is 26.7 Å². The first-order valence-electron chi connectivity index (χ1n) is 10.7. The lowest BCUT2D eigenvalue weighted by Crippen LogP contribution is -2.37. The SMILES string of the molecule is COC(=O)c1cn([C@H]2CCN(CC(=O)N[C@@H](C)c3ccc4c(c3)CCCC4)C2)nn1. The van der Waals surface area contributed by atoms with Gasteiger partial charge in [0.2, 0.25) is 5.91 Å². The smallest absolute Gasteiger partial charge is 0.360 e. The third kappa shape index (κ3) is 4.53. The lowest BCUT2D eigenvalue weighted by Gasteiger charge is -2.21. The summed E-state index contributed by atoms with van der Waals surface area (Å²) < 4.78 is 6.37. The third-order valence-corrected chi connectivity index (χ3v) is 6.14. The number of fused-ring (bicyclic) bond motifs is 1. The topological polar surface area (TPSA) is 89.4 Å². The van der Waals surface area contributed by atoms with Crippen molar-refractivity contribution in [3.05, 3.63) is 46.8 Å². The molecule has 160 valence electrons. The maximum absolute atomic E-state index is 12.6. The highest BCUT2D eigenvalue weighted by atomic mass is 16.5. The van der Waals surface area contributed by atoms with E-state index in [0.717, 1.165) is 19.4 Å². The summed E-state index contributed by atoms with van der Waals surface area (Å²) in [6.45, 7) is 3.90. The molecule has 8 nitrogen and oxygen atoms in total. The molecule has 8 heteroatoms. The first kappa shape index (κ1) is 20.5. The molecule has 1 aromatic carbocycles. The number of carbonyl (C=O) groups excluding carboxylic acids is 2. The largest absolute Gasteiger partial charge is 0.464 e. The average Bonchev–Trinajstić information content (AvgIpc) is 3.42. The Labute approximate surface area is 176 Å². The number of esters is 1. The summed E-state index contributed by atoms with van der Waals surface area (Å²) in [6, 6.07) is 6.71. The van der Waals surface area contributed by atoms with Crippen molar-refractivity contribution in [1.82, 2.24) is 25.2 Å². The van der Waals surface area contributed by atoms with Gasteiger partial charge in [0.25, 0.3) is 0 Å². The second-order valence-electron chi connectivity index (χ2n) is 8.28. The third-order valence-electron chi connectivity index (χ3n) is 6.14. The van der Waals surface area contributed by atoms with E-state index in [0.29, 0.717) is 13.1 Å². The van der Waals surface area contributed by atoms with Crippen molar-refractivity contribution >= 4 is 11.9 Å². The first-order chi connectivity index (χ1) is 14.5. The number of ether oxygens (including phenoxy) is 1. The van der Waals surface area contributed by atoms with Gasteiger partial charge in [0.05, 0.1) is 31.9 Å². The van der Waals surface area contributed by atoms with E-state index in [1.165, 1.54) is 43.1 Å². The molecule has 2 heterocycles. The molecular formula is C22H29N5O3. The molecule has 2 aliphatic rings. The highest BCUT2D eigenvalue weighted by Crippen LogP contribution is 2.25. The zero-order chi connectivity index (χ0) is 21.1. The number of benzene rings is 1. The van der Waals surface area contributed by atoms with E-state index in [1.54, 1.807) is 10.9 Å². The molecule has 4 rings (SSSR count). The summed E-state index contributed by atoms with van der Waals surface area (Å²) in [7, 11) is 1.32. The standard InChI is InChI=1S/C22H29N5O3/c1-15(17-8-7-16-5-3-4-6-18(16)11-17)23-21(28)14-26-10-9-19(12-26)27-13-20(24-25-27)22(29)30-2/h7-8,11,13,15,19H,3-6,9-10,12,14H2,1-2H3,(H,23,28)/t15-,19-/m0/s1. The van der Waals surface area contributed by atoms with Crippen molar-refractivity contribution < 1.29 is 14.3 Å². The Hall–Kier alpha value is -2.74. The van der Waals surface area contributed by atoms with Crippen LogP contribution in [-0.2, 0) is 22.4 Å². The van der Waals surface area contributed by atoms with Gasteiger partial charge >= 0.3 is 5.97 Å². The normalized spacial score (nSPS) is 19.9. The minimum atomic E-state index is -0.494. The fraction of sp³-hybridized carbons (Fsp3) is 0.545. The Balaban J connectivity index is 1.29. The Morgan fingerprint density at radius 2 is 2.07 bits per heavy atom. The van der Waals surface area contributed by atoms with Crippen molar-refractivity contribution in [2.24, 2.45) is 0 Å². The lowest BCUT2D eigenvalue weighted by atomic mass is 9.89.